The van der Waals surface area contributed by atoms with E-state index < -0.39 is 5.97 Å². The molecule has 3 rings (SSSR count). The highest BCUT2D eigenvalue weighted by Crippen LogP contribution is 2.17. The third-order valence-electron chi connectivity index (χ3n) is 4.97. The van der Waals surface area contributed by atoms with Crippen LogP contribution in [-0.2, 0) is 20.7 Å². The van der Waals surface area contributed by atoms with Gasteiger partial charge in [0, 0.05) is 37.5 Å². The van der Waals surface area contributed by atoms with Crippen molar-refractivity contribution in [1.29, 1.82) is 0 Å². The molecule has 1 N–H and O–H groups in total. The minimum Gasteiger partial charge on any atom is -0.481 e. The molecule has 0 radical (unpaired) electrons. The van der Waals surface area contributed by atoms with Crippen molar-refractivity contribution in [3.05, 3.63) is 23.3 Å². The van der Waals surface area contributed by atoms with Gasteiger partial charge in [0.15, 0.2) is 0 Å². The first kappa shape index (κ1) is 19.2. The molecule has 2 aromatic heterocycles. The van der Waals surface area contributed by atoms with E-state index in [2.05, 4.69) is 15.1 Å². The average Bonchev–Trinajstić information content (AvgIpc) is 3.29. The van der Waals surface area contributed by atoms with Crippen LogP contribution in [0.2, 0.25) is 0 Å². The topological polar surface area (TPSA) is 110 Å². The van der Waals surface area contributed by atoms with E-state index in [1.54, 1.807) is 9.42 Å². The third-order valence-corrected chi connectivity index (χ3v) is 4.97. The van der Waals surface area contributed by atoms with E-state index >= 15 is 0 Å². The Hall–Kier alpha value is -2.55. The average molecular weight is 375 g/mol. The third kappa shape index (κ3) is 4.60. The Morgan fingerprint density at radius 2 is 2.19 bits per heavy atom. The second-order valence-corrected chi connectivity index (χ2v) is 6.85. The van der Waals surface area contributed by atoms with Crippen LogP contribution in [0.3, 0.4) is 0 Å². The Kier molecular flexibility index (Phi) is 6.00. The fraction of sp³-hybridized carbons (Fsp3) is 0.611. The van der Waals surface area contributed by atoms with Crippen molar-refractivity contribution >= 4 is 17.7 Å². The van der Waals surface area contributed by atoms with Crippen molar-refractivity contribution in [3.63, 3.8) is 0 Å². The van der Waals surface area contributed by atoms with Crippen LogP contribution >= 0.6 is 0 Å². The van der Waals surface area contributed by atoms with Gasteiger partial charge in [-0.25, -0.2) is 9.50 Å². The lowest BCUT2D eigenvalue weighted by Gasteiger charge is -2.25. The molecule has 0 unspecified atom stereocenters. The molecule has 0 spiro atoms. The number of nitrogens with zero attached hydrogens (tertiary/aromatic N) is 5. The Morgan fingerprint density at radius 3 is 2.89 bits per heavy atom. The van der Waals surface area contributed by atoms with E-state index in [9.17, 15) is 9.59 Å². The number of rotatable bonds is 8. The summed E-state index contributed by atoms with van der Waals surface area (Å²) in [5, 5.41) is 13.1. The standard InChI is InChI=1S/C18H25N5O4/c1-12-15(13(2)23-18(21-12)19-11-20-23)5-6-16(24)22(8-7-17(25)26)10-14-4-3-9-27-14/h11,14H,3-10H2,1-2H3,(H,25,26)/t14-/m0/s1. The summed E-state index contributed by atoms with van der Waals surface area (Å²) in [6.07, 6.45) is 4.08. The van der Waals surface area contributed by atoms with Gasteiger partial charge >= 0.3 is 5.97 Å². The number of aromatic nitrogens is 4. The number of amides is 1. The summed E-state index contributed by atoms with van der Waals surface area (Å²) < 4.78 is 7.28. The highest BCUT2D eigenvalue weighted by atomic mass is 16.5. The number of aryl methyl sites for hydroxylation is 2. The van der Waals surface area contributed by atoms with E-state index in [-0.39, 0.29) is 31.4 Å². The molecule has 1 atom stereocenters. The fourth-order valence-corrected chi connectivity index (χ4v) is 3.49. The molecule has 0 aliphatic carbocycles. The van der Waals surface area contributed by atoms with Crippen molar-refractivity contribution in [2.45, 2.75) is 52.1 Å². The van der Waals surface area contributed by atoms with Gasteiger partial charge in [0.25, 0.3) is 5.78 Å². The lowest BCUT2D eigenvalue weighted by atomic mass is 10.1. The van der Waals surface area contributed by atoms with Gasteiger partial charge in [-0.05, 0) is 38.7 Å². The monoisotopic (exact) mass is 375 g/mol. The lowest BCUT2D eigenvalue weighted by molar-refractivity contribution is -0.139. The van der Waals surface area contributed by atoms with Gasteiger partial charge in [0.2, 0.25) is 5.91 Å². The molecular weight excluding hydrogens is 350 g/mol. The van der Waals surface area contributed by atoms with Crippen LogP contribution in [-0.4, -0.2) is 67.3 Å². The SMILES string of the molecule is Cc1nc2ncnn2c(C)c1CCC(=O)N(CCC(=O)O)C[C@@H]1CCCO1. The highest BCUT2D eigenvalue weighted by Gasteiger charge is 2.23. The van der Waals surface area contributed by atoms with Gasteiger partial charge < -0.3 is 14.7 Å². The first-order valence-corrected chi connectivity index (χ1v) is 9.22. The molecule has 1 aliphatic heterocycles. The molecule has 0 aromatic carbocycles. The van der Waals surface area contributed by atoms with E-state index in [1.165, 1.54) is 6.33 Å². The van der Waals surface area contributed by atoms with Gasteiger partial charge in [0.05, 0.1) is 12.5 Å². The van der Waals surface area contributed by atoms with Gasteiger partial charge in [0.1, 0.15) is 6.33 Å². The highest BCUT2D eigenvalue weighted by molar-refractivity contribution is 5.77. The van der Waals surface area contributed by atoms with Gasteiger partial charge in [-0.3, -0.25) is 9.59 Å². The van der Waals surface area contributed by atoms with Crippen molar-refractivity contribution in [3.8, 4) is 0 Å². The van der Waals surface area contributed by atoms with Gasteiger partial charge in [-0.2, -0.15) is 10.1 Å². The van der Waals surface area contributed by atoms with E-state index in [0.29, 0.717) is 25.4 Å². The number of fused-ring (bicyclic) bond motifs is 1. The van der Waals surface area contributed by atoms with Crippen LogP contribution in [0.4, 0.5) is 0 Å². The maximum absolute atomic E-state index is 12.8. The first-order valence-electron chi connectivity index (χ1n) is 9.22. The van der Waals surface area contributed by atoms with Crippen LogP contribution < -0.4 is 0 Å². The summed E-state index contributed by atoms with van der Waals surface area (Å²) in [4.78, 5) is 33.9. The molecule has 9 heteroatoms. The summed E-state index contributed by atoms with van der Waals surface area (Å²) in [5.74, 6) is -0.432. The maximum Gasteiger partial charge on any atom is 0.305 e. The smallest absolute Gasteiger partial charge is 0.305 e. The molecule has 9 nitrogen and oxygen atoms in total. The van der Waals surface area contributed by atoms with Crippen molar-refractivity contribution in [1.82, 2.24) is 24.5 Å². The normalized spacial score (nSPS) is 16.7. The van der Waals surface area contributed by atoms with E-state index in [1.807, 2.05) is 13.8 Å². The van der Waals surface area contributed by atoms with Crippen LogP contribution in [0.15, 0.2) is 6.33 Å². The van der Waals surface area contributed by atoms with Crippen molar-refractivity contribution in [2.24, 2.45) is 0 Å². The Labute approximate surface area is 157 Å². The number of aliphatic carboxylic acids is 1. The first-order chi connectivity index (χ1) is 13.0. The number of carbonyl (C=O) groups is 2. The zero-order chi connectivity index (χ0) is 19.4. The fourth-order valence-electron chi connectivity index (χ4n) is 3.49. The molecule has 146 valence electrons. The number of carboxylic acid groups (broad SMARTS) is 1. The predicted molar refractivity (Wildman–Crippen MR) is 96.4 cm³/mol. The van der Waals surface area contributed by atoms with Crippen LogP contribution in [0, 0.1) is 13.8 Å². The summed E-state index contributed by atoms with van der Waals surface area (Å²) in [6, 6.07) is 0. The molecule has 0 bridgehead atoms. The maximum atomic E-state index is 12.8. The number of carbonyl (C=O) groups excluding carboxylic acids is 1. The molecule has 2 aromatic rings. The van der Waals surface area contributed by atoms with E-state index in [4.69, 9.17) is 9.84 Å². The minimum atomic E-state index is -0.910. The number of hydrogen-bond acceptors (Lipinski definition) is 6. The molecule has 1 amide bonds. The Bertz CT molecular complexity index is 829. The second kappa shape index (κ2) is 8.43. The quantitative estimate of drug-likeness (QED) is 0.737. The predicted octanol–water partition coefficient (Wildman–Crippen LogP) is 1.16. The zero-order valence-electron chi connectivity index (χ0n) is 15.7. The van der Waals surface area contributed by atoms with Gasteiger partial charge in [-0.1, -0.05) is 0 Å². The Morgan fingerprint density at radius 1 is 1.37 bits per heavy atom. The largest absolute Gasteiger partial charge is 0.481 e. The number of hydrogen-bond donors (Lipinski definition) is 1. The van der Waals surface area contributed by atoms with Crippen LogP contribution in [0.1, 0.15) is 42.6 Å². The molecule has 27 heavy (non-hydrogen) atoms. The summed E-state index contributed by atoms with van der Waals surface area (Å²) in [6.45, 7) is 5.19. The van der Waals surface area contributed by atoms with Crippen molar-refractivity contribution in [2.75, 3.05) is 19.7 Å². The summed E-state index contributed by atoms with van der Waals surface area (Å²) in [5.41, 5.74) is 2.72. The minimum absolute atomic E-state index is 0.000572. The Balaban J connectivity index is 1.68. The van der Waals surface area contributed by atoms with Crippen LogP contribution in [0.5, 0.6) is 0 Å². The van der Waals surface area contributed by atoms with Crippen LogP contribution in [0.25, 0.3) is 5.78 Å². The molecule has 1 fully saturated rings. The molecule has 0 saturated carbocycles. The van der Waals surface area contributed by atoms with Crippen molar-refractivity contribution < 1.29 is 19.4 Å². The summed E-state index contributed by atoms with van der Waals surface area (Å²) >= 11 is 0. The summed E-state index contributed by atoms with van der Waals surface area (Å²) in [7, 11) is 0. The molecule has 1 aliphatic rings. The lowest BCUT2D eigenvalue weighted by Crippen LogP contribution is -2.39. The molecule has 3 heterocycles. The zero-order valence-corrected chi connectivity index (χ0v) is 15.7. The van der Waals surface area contributed by atoms with E-state index in [0.717, 1.165) is 29.8 Å². The number of carboxylic acids is 1. The molecule has 1 saturated heterocycles. The molecular formula is C18H25N5O4. The second-order valence-electron chi connectivity index (χ2n) is 6.85. The van der Waals surface area contributed by atoms with Gasteiger partial charge in [-0.15, -0.1) is 0 Å². The number of ether oxygens (including phenoxy) is 1.